The molecular weight excluding hydrogens is 328 g/mol. The van der Waals surface area contributed by atoms with Gasteiger partial charge in [-0.3, -0.25) is 4.98 Å². The molecule has 0 radical (unpaired) electrons. The number of nitrogens with one attached hydrogen (secondary N) is 1. The van der Waals surface area contributed by atoms with Crippen molar-refractivity contribution < 1.29 is 19.1 Å². The van der Waals surface area contributed by atoms with Gasteiger partial charge in [0.2, 0.25) is 0 Å². The molecule has 6 nitrogen and oxygen atoms in total. The maximum Gasteiger partial charge on any atom is 0.347 e. The lowest BCUT2D eigenvalue weighted by atomic mass is 10.3. The first kappa shape index (κ1) is 16.2. The molecule has 1 heterocycles. The van der Waals surface area contributed by atoms with Crippen LogP contribution in [0.15, 0.2) is 34.7 Å². The van der Waals surface area contributed by atoms with E-state index in [1.807, 2.05) is 0 Å². The van der Waals surface area contributed by atoms with Crippen LogP contribution in [0, 0.1) is 0 Å². The van der Waals surface area contributed by atoms with Gasteiger partial charge in [0.25, 0.3) is 0 Å². The van der Waals surface area contributed by atoms with Crippen LogP contribution in [-0.4, -0.2) is 30.1 Å². The van der Waals surface area contributed by atoms with E-state index in [9.17, 15) is 9.59 Å². The van der Waals surface area contributed by atoms with Crippen LogP contribution in [0.1, 0.15) is 13.8 Å². The maximum atomic E-state index is 11.7. The van der Waals surface area contributed by atoms with Crippen molar-refractivity contribution >= 4 is 33.6 Å². The van der Waals surface area contributed by atoms with Crippen molar-refractivity contribution in [3.8, 4) is 0 Å². The molecular formula is C13H15BrN2O4. The van der Waals surface area contributed by atoms with Crippen LogP contribution in [0.5, 0.6) is 0 Å². The Morgan fingerprint density at radius 3 is 2.35 bits per heavy atom. The van der Waals surface area contributed by atoms with Crippen molar-refractivity contribution in [1.29, 1.82) is 0 Å². The van der Waals surface area contributed by atoms with E-state index in [-0.39, 0.29) is 18.8 Å². The highest BCUT2D eigenvalue weighted by molar-refractivity contribution is 9.10. The molecule has 7 heteroatoms. The fourth-order valence-corrected chi connectivity index (χ4v) is 1.63. The van der Waals surface area contributed by atoms with E-state index in [4.69, 9.17) is 9.47 Å². The Labute approximate surface area is 125 Å². The summed E-state index contributed by atoms with van der Waals surface area (Å²) in [5, 5.41) is 2.81. The third-order valence-corrected chi connectivity index (χ3v) is 2.51. The summed E-state index contributed by atoms with van der Waals surface area (Å²) in [5.74, 6) is -1.47. The van der Waals surface area contributed by atoms with E-state index >= 15 is 0 Å². The molecule has 0 aromatic carbocycles. The number of anilines is 1. The standard InChI is InChI=1S/C13H15BrN2O4/c1-3-19-12(17)11(13(18)20-4-2)8-16-10-5-9(14)6-15-7-10/h5-8,16H,3-4H2,1-2H3. The summed E-state index contributed by atoms with van der Waals surface area (Å²) in [5.41, 5.74) is 0.416. The zero-order valence-corrected chi connectivity index (χ0v) is 12.8. The van der Waals surface area contributed by atoms with Crippen LogP contribution in [-0.2, 0) is 19.1 Å². The number of esters is 2. The van der Waals surface area contributed by atoms with E-state index in [0.717, 1.165) is 4.47 Å². The van der Waals surface area contributed by atoms with Crippen LogP contribution in [0.25, 0.3) is 0 Å². The maximum absolute atomic E-state index is 11.7. The predicted molar refractivity (Wildman–Crippen MR) is 76.9 cm³/mol. The van der Waals surface area contributed by atoms with Crippen LogP contribution < -0.4 is 5.32 Å². The minimum Gasteiger partial charge on any atom is -0.462 e. The van der Waals surface area contributed by atoms with Gasteiger partial charge in [-0.15, -0.1) is 0 Å². The van der Waals surface area contributed by atoms with Gasteiger partial charge in [-0.05, 0) is 35.8 Å². The van der Waals surface area contributed by atoms with E-state index in [1.54, 1.807) is 32.3 Å². The average Bonchev–Trinajstić information content (AvgIpc) is 2.39. The van der Waals surface area contributed by atoms with Crippen LogP contribution in [0.2, 0.25) is 0 Å². The third-order valence-electron chi connectivity index (χ3n) is 2.08. The Morgan fingerprint density at radius 2 is 1.85 bits per heavy atom. The fourth-order valence-electron chi connectivity index (χ4n) is 1.27. The smallest absolute Gasteiger partial charge is 0.347 e. The third kappa shape index (κ3) is 5.00. The molecule has 1 N–H and O–H groups in total. The number of aromatic nitrogens is 1. The molecule has 0 amide bonds. The molecule has 0 saturated carbocycles. The average molecular weight is 343 g/mol. The van der Waals surface area contributed by atoms with Crippen molar-refractivity contribution in [3.63, 3.8) is 0 Å². The highest BCUT2D eigenvalue weighted by atomic mass is 79.9. The number of carbonyl (C=O) groups is 2. The Balaban J connectivity index is 2.89. The summed E-state index contributed by atoms with van der Waals surface area (Å²) in [7, 11) is 0. The summed E-state index contributed by atoms with van der Waals surface area (Å²) >= 11 is 3.27. The molecule has 0 aliphatic heterocycles. The monoisotopic (exact) mass is 342 g/mol. The number of ether oxygens (including phenoxy) is 2. The van der Waals surface area contributed by atoms with Gasteiger partial charge in [0, 0.05) is 16.9 Å². The molecule has 1 aromatic heterocycles. The minimum absolute atomic E-state index is 0.175. The zero-order valence-electron chi connectivity index (χ0n) is 11.2. The predicted octanol–water partition coefficient (Wildman–Crippen LogP) is 2.27. The van der Waals surface area contributed by atoms with Crippen molar-refractivity contribution in [2.45, 2.75) is 13.8 Å². The molecule has 0 spiro atoms. The van der Waals surface area contributed by atoms with Gasteiger partial charge in [0.15, 0.2) is 5.57 Å². The molecule has 1 rings (SSSR count). The quantitative estimate of drug-likeness (QED) is 0.370. The van der Waals surface area contributed by atoms with E-state index in [2.05, 4.69) is 26.2 Å². The van der Waals surface area contributed by atoms with Gasteiger partial charge in [-0.1, -0.05) is 0 Å². The molecule has 20 heavy (non-hydrogen) atoms. The van der Waals surface area contributed by atoms with Gasteiger partial charge >= 0.3 is 11.9 Å². The highest BCUT2D eigenvalue weighted by Crippen LogP contribution is 2.14. The number of carbonyl (C=O) groups excluding carboxylic acids is 2. The van der Waals surface area contributed by atoms with Crippen LogP contribution >= 0.6 is 15.9 Å². The van der Waals surface area contributed by atoms with E-state index < -0.39 is 11.9 Å². The number of hydrogen-bond donors (Lipinski definition) is 1. The number of rotatable bonds is 6. The van der Waals surface area contributed by atoms with Crippen molar-refractivity contribution in [3.05, 3.63) is 34.7 Å². The lowest BCUT2D eigenvalue weighted by Gasteiger charge is -2.07. The van der Waals surface area contributed by atoms with Gasteiger partial charge in [0.05, 0.1) is 25.1 Å². The molecule has 0 bridgehead atoms. The van der Waals surface area contributed by atoms with Crippen molar-refractivity contribution in [1.82, 2.24) is 4.98 Å². The summed E-state index contributed by atoms with van der Waals surface area (Å²) in [4.78, 5) is 27.3. The molecule has 0 atom stereocenters. The van der Waals surface area contributed by atoms with Crippen molar-refractivity contribution in [2.24, 2.45) is 0 Å². The second-order valence-corrected chi connectivity index (χ2v) is 4.45. The number of nitrogens with zero attached hydrogens (tertiary/aromatic N) is 1. The lowest BCUT2D eigenvalue weighted by Crippen LogP contribution is -2.19. The highest BCUT2D eigenvalue weighted by Gasteiger charge is 2.20. The van der Waals surface area contributed by atoms with Gasteiger partial charge in [0.1, 0.15) is 0 Å². The van der Waals surface area contributed by atoms with Crippen molar-refractivity contribution in [2.75, 3.05) is 18.5 Å². The minimum atomic E-state index is -0.735. The number of hydrogen-bond acceptors (Lipinski definition) is 6. The molecule has 0 saturated heterocycles. The first-order chi connectivity index (χ1) is 9.58. The topological polar surface area (TPSA) is 77.5 Å². The lowest BCUT2D eigenvalue weighted by molar-refractivity contribution is -0.146. The SMILES string of the molecule is CCOC(=O)C(=CNc1cncc(Br)c1)C(=O)OCC. The molecule has 0 fully saturated rings. The van der Waals surface area contributed by atoms with Gasteiger partial charge < -0.3 is 14.8 Å². The second-order valence-electron chi connectivity index (χ2n) is 3.54. The van der Waals surface area contributed by atoms with Crippen LogP contribution in [0.3, 0.4) is 0 Å². The molecule has 0 aliphatic carbocycles. The summed E-state index contributed by atoms with van der Waals surface area (Å²) in [6.07, 6.45) is 4.42. The first-order valence-electron chi connectivity index (χ1n) is 6.00. The number of halogens is 1. The Bertz CT molecular complexity index is 497. The van der Waals surface area contributed by atoms with Gasteiger partial charge in [-0.2, -0.15) is 0 Å². The first-order valence-corrected chi connectivity index (χ1v) is 6.79. The molecule has 108 valence electrons. The largest absolute Gasteiger partial charge is 0.462 e. The molecule has 0 unspecified atom stereocenters. The summed E-state index contributed by atoms with van der Waals surface area (Å²) in [6.45, 7) is 3.67. The number of pyridine rings is 1. The fraction of sp³-hybridized carbons (Fsp3) is 0.308. The Hall–Kier alpha value is -1.89. The Morgan fingerprint density at radius 1 is 1.25 bits per heavy atom. The zero-order chi connectivity index (χ0) is 15.0. The normalized spacial score (nSPS) is 9.55. The van der Waals surface area contributed by atoms with Gasteiger partial charge in [-0.25, -0.2) is 9.59 Å². The van der Waals surface area contributed by atoms with E-state index in [0.29, 0.717) is 5.69 Å². The molecule has 0 aliphatic rings. The van der Waals surface area contributed by atoms with Crippen LogP contribution in [0.4, 0.5) is 5.69 Å². The summed E-state index contributed by atoms with van der Waals surface area (Å²) in [6, 6.07) is 1.75. The Kier molecular flexibility index (Phi) is 6.72. The van der Waals surface area contributed by atoms with E-state index in [1.165, 1.54) is 6.20 Å². The molecule has 1 aromatic rings. The summed E-state index contributed by atoms with van der Waals surface area (Å²) < 4.78 is 10.4. The second kappa shape index (κ2) is 8.31.